The van der Waals surface area contributed by atoms with E-state index in [2.05, 4.69) is 5.32 Å². The van der Waals surface area contributed by atoms with Gasteiger partial charge in [0.2, 0.25) is 0 Å². The topological polar surface area (TPSA) is 60.0 Å². The van der Waals surface area contributed by atoms with Crippen LogP contribution >= 0.6 is 0 Å². The second-order valence-electron chi connectivity index (χ2n) is 6.74. The first-order valence-corrected chi connectivity index (χ1v) is 7.78. The lowest BCUT2D eigenvalue weighted by atomic mass is 9.77. The second-order valence-corrected chi connectivity index (χ2v) is 6.74. The van der Waals surface area contributed by atoms with Gasteiger partial charge >= 0.3 is 7.12 Å². The molecule has 0 bridgehead atoms. The number of ether oxygens (including phenoxy) is 1. The SMILES string of the molecule is CNCC(=Cc1cccc(OC)c1O)B1OC(C)(C)C(C)(C)O1. The summed E-state index contributed by atoms with van der Waals surface area (Å²) in [7, 11) is 2.94. The van der Waals surface area contributed by atoms with Gasteiger partial charge in [0, 0.05) is 12.1 Å². The quantitative estimate of drug-likeness (QED) is 0.817. The molecule has 0 unspecified atom stereocenters. The van der Waals surface area contributed by atoms with Crippen molar-refractivity contribution in [1.29, 1.82) is 0 Å². The lowest BCUT2D eigenvalue weighted by Crippen LogP contribution is -2.41. The van der Waals surface area contributed by atoms with Crippen LogP contribution in [0.25, 0.3) is 6.08 Å². The molecule has 2 N–H and O–H groups in total. The molecule has 23 heavy (non-hydrogen) atoms. The third kappa shape index (κ3) is 3.55. The number of aromatic hydroxyl groups is 1. The molecule has 0 spiro atoms. The predicted molar refractivity (Wildman–Crippen MR) is 92.6 cm³/mol. The van der Waals surface area contributed by atoms with Gasteiger partial charge in [-0.1, -0.05) is 18.2 Å². The van der Waals surface area contributed by atoms with E-state index in [-0.39, 0.29) is 5.75 Å². The van der Waals surface area contributed by atoms with Crippen molar-refractivity contribution < 1.29 is 19.2 Å². The van der Waals surface area contributed by atoms with Gasteiger partial charge in [0.1, 0.15) is 0 Å². The van der Waals surface area contributed by atoms with E-state index >= 15 is 0 Å². The number of hydrogen-bond donors (Lipinski definition) is 2. The fraction of sp³-hybridized carbons (Fsp3) is 0.529. The zero-order valence-corrected chi connectivity index (χ0v) is 14.8. The number of hydrogen-bond acceptors (Lipinski definition) is 5. The normalized spacial score (nSPS) is 19.9. The number of benzene rings is 1. The molecular formula is C17H26BNO4. The summed E-state index contributed by atoms with van der Waals surface area (Å²) in [6.07, 6.45) is 1.89. The average molecular weight is 319 g/mol. The Hall–Kier alpha value is -1.50. The lowest BCUT2D eigenvalue weighted by Gasteiger charge is -2.32. The van der Waals surface area contributed by atoms with E-state index in [1.165, 1.54) is 7.11 Å². The van der Waals surface area contributed by atoms with E-state index in [0.29, 0.717) is 17.9 Å². The van der Waals surface area contributed by atoms with Crippen LogP contribution in [0.15, 0.2) is 23.7 Å². The molecule has 1 heterocycles. The Morgan fingerprint density at radius 1 is 1.26 bits per heavy atom. The molecule has 126 valence electrons. The van der Waals surface area contributed by atoms with Crippen molar-refractivity contribution in [2.24, 2.45) is 0 Å². The lowest BCUT2D eigenvalue weighted by molar-refractivity contribution is 0.00578. The number of rotatable bonds is 5. The fourth-order valence-electron chi connectivity index (χ4n) is 2.42. The minimum absolute atomic E-state index is 0.111. The Morgan fingerprint density at radius 2 is 1.87 bits per heavy atom. The Kier molecular flexibility index (Phi) is 5.09. The molecule has 6 heteroatoms. The maximum atomic E-state index is 10.3. The van der Waals surface area contributed by atoms with Crippen LogP contribution < -0.4 is 10.1 Å². The molecule has 1 aromatic carbocycles. The molecule has 0 radical (unpaired) electrons. The molecule has 1 saturated heterocycles. The van der Waals surface area contributed by atoms with Crippen molar-refractivity contribution >= 4 is 13.2 Å². The van der Waals surface area contributed by atoms with E-state index in [1.807, 2.05) is 53.0 Å². The third-order valence-corrected chi connectivity index (χ3v) is 4.53. The summed E-state index contributed by atoms with van der Waals surface area (Å²) in [5, 5.41) is 13.4. The van der Waals surface area contributed by atoms with Gasteiger partial charge in [-0.2, -0.15) is 0 Å². The second kappa shape index (κ2) is 6.55. The Bertz CT molecular complexity index is 582. The van der Waals surface area contributed by atoms with Crippen LogP contribution in [0, 0.1) is 0 Å². The minimum atomic E-state index is -0.460. The third-order valence-electron chi connectivity index (χ3n) is 4.53. The van der Waals surface area contributed by atoms with Crippen molar-refractivity contribution in [2.75, 3.05) is 20.7 Å². The molecule has 1 aliphatic rings. The first-order valence-electron chi connectivity index (χ1n) is 7.78. The van der Waals surface area contributed by atoms with Crippen molar-refractivity contribution in [2.45, 2.75) is 38.9 Å². The molecule has 0 amide bonds. The summed E-state index contributed by atoms with van der Waals surface area (Å²) in [4.78, 5) is 0. The molecule has 1 aromatic rings. The van der Waals surface area contributed by atoms with Crippen LogP contribution in [-0.2, 0) is 9.31 Å². The summed E-state index contributed by atoms with van der Waals surface area (Å²) >= 11 is 0. The summed E-state index contributed by atoms with van der Waals surface area (Å²) in [5.41, 5.74) is 0.779. The number of nitrogens with one attached hydrogen (secondary N) is 1. The number of likely N-dealkylation sites (N-methyl/N-ethyl adjacent to an activating group) is 1. The van der Waals surface area contributed by atoms with Gasteiger partial charge in [0.25, 0.3) is 0 Å². The van der Waals surface area contributed by atoms with Crippen LogP contribution in [0.4, 0.5) is 0 Å². The van der Waals surface area contributed by atoms with E-state index in [4.69, 9.17) is 14.0 Å². The Balaban J connectivity index is 2.36. The van der Waals surface area contributed by atoms with Gasteiger partial charge in [-0.3, -0.25) is 0 Å². The molecule has 0 aliphatic carbocycles. The molecule has 0 saturated carbocycles. The first-order chi connectivity index (χ1) is 10.7. The van der Waals surface area contributed by atoms with E-state index in [0.717, 1.165) is 5.47 Å². The van der Waals surface area contributed by atoms with Gasteiger partial charge in [-0.15, -0.1) is 0 Å². The molecule has 0 aromatic heterocycles. The van der Waals surface area contributed by atoms with Crippen molar-refractivity contribution in [3.63, 3.8) is 0 Å². The summed E-state index contributed by atoms with van der Waals surface area (Å²) in [6, 6.07) is 5.39. The maximum Gasteiger partial charge on any atom is 0.491 e. The minimum Gasteiger partial charge on any atom is -0.504 e. The van der Waals surface area contributed by atoms with Gasteiger partial charge < -0.3 is 24.5 Å². The van der Waals surface area contributed by atoms with Crippen molar-refractivity contribution in [1.82, 2.24) is 5.32 Å². The van der Waals surface area contributed by atoms with Crippen LogP contribution in [0.2, 0.25) is 0 Å². The van der Waals surface area contributed by atoms with Crippen LogP contribution in [0.5, 0.6) is 11.5 Å². The van der Waals surface area contributed by atoms with Gasteiger partial charge in [0.15, 0.2) is 11.5 Å². The van der Waals surface area contributed by atoms with Crippen LogP contribution in [-0.4, -0.2) is 44.1 Å². The summed E-state index contributed by atoms with van der Waals surface area (Å²) in [5.74, 6) is 0.552. The Morgan fingerprint density at radius 3 is 2.39 bits per heavy atom. The van der Waals surface area contributed by atoms with Crippen molar-refractivity contribution in [3.05, 3.63) is 29.2 Å². The van der Waals surface area contributed by atoms with Gasteiger partial charge in [-0.05, 0) is 46.3 Å². The highest BCUT2D eigenvalue weighted by molar-refractivity contribution is 6.56. The highest BCUT2D eigenvalue weighted by Gasteiger charge is 2.52. The summed E-state index contributed by atoms with van der Waals surface area (Å²) < 4.78 is 17.4. The molecule has 1 aliphatic heterocycles. The standard InChI is InChI=1S/C17H26BNO4/c1-16(2)17(3,4)23-18(22-16)13(11-19-5)10-12-8-7-9-14(21-6)15(12)20/h7-10,19-20H,11H2,1-6H3. The smallest absolute Gasteiger partial charge is 0.491 e. The van der Waals surface area contributed by atoms with Crippen molar-refractivity contribution in [3.8, 4) is 11.5 Å². The highest BCUT2D eigenvalue weighted by atomic mass is 16.7. The van der Waals surface area contributed by atoms with E-state index < -0.39 is 18.3 Å². The molecular weight excluding hydrogens is 293 g/mol. The predicted octanol–water partition coefficient (Wildman–Crippen LogP) is 2.64. The maximum absolute atomic E-state index is 10.3. The largest absolute Gasteiger partial charge is 0.504 e. The molecule has 5 nitrogen and oxygen atoms in total. The molecule has 2 rings (SSSR count). The van der Waals surface area contributed by atoms with Gasteiger partial charge in [-0.25, -0.2) is 0 Å². The Labute approximate surface area is 138 Å². The monoisotopic (exact) mass is 319 g/mol. The number of methoxy groups -OCH3 is 1. The zero-order chi connectivity index (χ0) is 17.3. The zero-order valence-electron chi connectivity index (χ0n) is 14.8. The summed E-state index contributed by atoms with van der Waals surface area (Å²) in [6.45, 7) is 8.67. The number of phenols is 1. The number of phenolic OH excluding ortho intramolecular Hbond substituents is 1. The van der Waals surface area contributed by atoms with Crippen LogP contribution in [0.3, 0.4) is 0 Å². The molecule has 1 fully saturated rings. The fourth-order valence-corrected chi connectivity index (χ4v) is 2.42. The van der Waals surface area contributed by atoms with E-state index in [1.54, 1.807) is 6.07 Å². The highest BCUT2D eigenvalue weighted by Crippen LogP contribution is 2.39. The van der Waals surface area contributed by atoms with E-state index in [9.17, 15) is 5.11 Å². The molecule has 0 atom stereocenters. The van der Waals surface area contributed by atoms with Gasteiger partial charge in [0.05, 0.1) is 18.3 Å². The average Bonchev–Trinajstić information content (AvgIpc) is 2.69. The van der Waals surface area contributed by atoms with Crippen LogP contribution in [0.1, 0.15) is 33.3 Å². The first kappa shape index (κ1) is 17.9. The number of para-hydroxylation sites is 1.